The molecule has 4 N–H and O–H groups in total. The molecule has 1 fully saturated rings. The van der Waals surface area contributed by atoms with Crippen LogP contribution in [0.2, 0.25) is 0 Å². The zero-order valence-electron chi connectivity index (χ0n) is 21.1. The smallest absolute Gasteiger partial charge is 0.308 e. The lowest BCUT2D eigenvalue weighted by molar-refractivity contribution is -0.366. The molecule has 0 amide bonds. The minimum absolute atomic E-state index is 0.173. The second-order valence-electron chi connectivity index (χ2n) is 9.22. The van der Waals surface area contributed by atoms with Gasteiger partial charge in [0.1, 0.15) is 24.4 Å². The van der Waals surface area contributed by atoms with Crippen LogP contribution in [-0.2, 0) is 14.3 Å². The number of unbranched alkanes of at least 4 members (excludes halogenated alkanes) is 5. The molecule has 1 aliphatic rings. The number of esters is 1. The van der Waals surface area contributed by atoms with Crippen molar-refractivity contribution in [2.24, 2.45) is 5.92 Å². The Morgan fingerprint density at radius 2 is 1.50 bits per heavy atom. The normalized spacial score (nSPS) is 28.0. The predicted octanol–water partition coefficient (Wildman–Crippen LogP) is 3.95. The van der Waals surface area contributed by atoms with Crippen molar-refractivity contribution in [3.05, 3.63) is 36.5 Å². The highest BCUT2D eigenvalue weighted by Gasteiger charge is 2.57. The van der Waals surface area contributed by atoms with E-state index in [9.17, 15) is 25.2 Å². The van der Waals surface area contributed by atoms with Crippen molar-refractivity contribution >= 4 is 5.97 Å². The Kier molecular flexibility index (Phi) is 15.3. The van der Waals surface area contributed by atoms with E-state index < -0.39 is 48.7 Å². The van der Waals surface area contributed by atoms with Crippen LogP contribution in [0.1, 0.15) is 85.0 Å². The first-order chi connectivity index (χ1) is 16.3. The molecular weight excluding hydrogens is 436 g/mol. The topological polar surface area (TPSA) is 116 Å². The van der Waals surface area contributed by atoms with Gasteiger partial charge in [0.05, 0.1) is 6.61 Å². The van der Waals surface area contributed by atoms with E-state index in [1.54, 1.807) is 13.8 Å². The van der Waals surface area contributed by atoms with Crippen molar-refractivity contribution in [2.75, 3.05) is 6.61 Å². The summed E-state index contributed by atoms with van der Waals surface area (Å²) >= 11 is 0. The second-order valence-corrected chi connectivity index (χ2v) is 9.22. The van der Waals surface area contributed by atoms with E-state index in [-0.39, 0.29) is 6.42 Å². The van der Waals surface area contributed by atoms with E-state index in [1.165, 1.54) is 0 Å². The van der Waals surface area contributed by atoms with Crippen LogP contribution >= 0.6 is 0 Å². The lowest BCUT2D eigenvalue weighted by Gasteiger charge is -2.49. The van der Waals surface area contributed by atoms with Crippen LogP contribution < -0.4 is 0 Å². The highest BCUT2D eigenvalue weighted by Crippen LogP contribution is 2.37. The summed E-state index contributed by atoms with van der Waals surface area (Å²) in [7, 11) is 0. The third kappa shape index (κ3) is 10.0. The number of aliphatic hydroxyl groups excluding tert-OH is 4. The van der Waals surface area contributed by atoms with Gasteiger partial charge >= 0.3 is 5.97 Å². The fraction of sp³-hybridized carbons (Fsp3) is 0.741. The van der Waals surface area contributed by atoms with E-state index >= 15 is 0 Å². The standard InChI is InChI=1S/C27H46O7/c1-4-5-6-7-8-9-10-11-12-13-14-15-16-17-18-19-23(29)34-27(21(2)3)26(32)25(31)24(30)22(20-28)33-27/h5-6,8-9,11-12,21-22,24-26,28,30-32H,4,7,10,13-20H2,1-3H3/t22-,24-,25+,26-,27-/m1/s1. The van der Waals surface area contributed by atoms with Crippen LogP contribution in [0.15, 0.2) is 36.5 Å². The number of aliphatic hydroxyl groups is 4. The summed E-state index contributed by atoms with van der Waals surface area (Å²) < 4.78 is 11.1. The third-order valence-electron chi connectivity index (χ3n) is 6.09. The summed E-state index contributed by atoms with van der Waals surface area (Å²) in [6.07, 6.45) is 16.4. The zero-order chi connectivity index (χ0) is 25.4. The number of hydrogen-bond donors (Lipinski definition) is 4. The maximum atomic E-state index is 12.4. The maximum absolute atomic E-state index is 12.4. The largest absolute Gasteiger partial charge is 0.430 e. The lowest BCUT2D eigenvalue weighted by Crippen LogP contribution is -2.68. The van der Waals surface area contributed by atoms with Crippen molar-refractivity contribution in [1.29, 1.82) is 0 Å². The molecular formula is C27H46O7. The highest BCUT2D eigenvalue weighted by molar-refractivity contribution is 5.69. The molecule has 7 nitrogen and oxygen atoms in total. The minimum atomic E-state index is -1.81. The van der Waals surface area contributed by atoms with E-state index in [1.807, 2.05) is 0 Å². The Labute approximate surface area is 205 Å². The zero-order valence-corrected chi connectivity index (χ0v) is 21.1. The van der Waals surface area contributed by atoms with Crippen LogP contribution in [0.3, 0.4) is 0 Å². The van der Waals surface area contributed by atoms with Crippen molar-refractivity contribution in [2.45, 2.75) is 115 Å². The van der Waals surface area contributed by atoms with E-state index in [4.69, 9.17) is 9.47 Å². The van der Waals surface area contributed by atoms with Crippen LogP contribution in [0.25, 0.3) is 0 Å². The van der Waals surface area contributed by atoms with Gasteiger partial charge in [-0.25, -0.2) is 0 Å². The average Bonchev–Trinajstić information content (AvgIpc) is 2.81. The molecule has 0 saturated carbocycles. The Bertz CT molecular complexity index is 641. The molecule has 0 aromatic heterocycles. The molecule has 0 spiro atoms. The quantitative estimate of drug-likeness (QED) is 0.150. The Morgan fingerprint density at radius 1 is 0.912 bits per heavy atom. The highest BCUT2D eigenvalue weighted by atomic mass is 16.7. The van der Waals surface area contributed by atoms with Crippen LogP contribution in [-0.4, -0.2) is 63.2 Å². The van der Waals surface area contributed by atoms with Gasteiger partial charge in [0.2, 0.25) is 5.79 Å². The van der Waals surface area contributed by atoms with Gasteiger partial charge in [0, 0.05) is 12.3 Å². The molecule has 0 aromatic carbocycles. The molecule has 0 aromatic rings. The molecule has 7 heteroatoms. The van der Waals surface area contributed by atoms with Crippen LogP contribution in [0.4, 0.5) is 0 Å². The molecule has 0 aliphatic carbocycles. The number of rotatable bonds is 16. The maximum Gasteiger partial charge on any atom is 0.308 e. The van der Waals surface area contributed by atoms with Gasteiger partial charge in [-0.2, -0.15) is 0 Å². The summed E-state index contributed by atoms with van der Waals surface area (Å²) in [6.45, 7) is 4.93. The number of ether oxygens (including phenoxy) is 2. The fourth-order valence-corrected chi connectivity index (χ4v) is 3.96. The second kappa shape index (κ2) is 17.0. The molecule has 5 atom stereocenters. The molecule has 0 unspecified atom stereocenters. The van der Waals surface area contributed by atoms with Gasteiger partial charge in [-0.3, -0.25) is 4.79 Å². The first kappa shape index (κ1) is 30.5. The summed E-state index contributed by atoms with van der Waals surface area (Å²) in [5.41, 5.74) is 0. The predicted molar refractivity (Wildman–Crippen MR) is 133 cm³/mol. The number of carbonyl (C=O) groups excluding carboxylic acids is 1. The average molecular weight is 483 g/mol. The van der Waals surface area contributed by atoms with Crippen molar-refractivity contribution < 1.29 is 34.7 Å². The monoisotopic (exact) mass is 482 g/mol. The molecule has 1 aliphatic heterocycles. The van der Waals surface area contributed by atoms with Gasteiger partial charge in [0.15, 0.2) is 0 Å². The summed E-state index contributed by atoms with van der Waals surface area (Å²) in [5.74, 6) is -2.84. The van der Waals surface area contributed by atoms with E-state index in [2.05, 4.69) is 43.4 Å². The van der Waals surface area contributed by atoms with Crippen molar-refractivity contribution in [3.8, 4) is 0 Å². The molecule has 34 heavy (non-hydrogen) atoms. The lowest BCUT2D eigenvalue weighted by atomic mass is 9.86. The van der Waals surface area contributed by atoms with Crippen molar-refractivity contribution in [1.82, 2.24) is 0 Å². The van der Waals surface area contributed by atoms with Gasteiger partial charge in [-0.1, -0.05) is 76.5 Å². The van der Waals surface area contributed by atoms with Crippen LogP contribution in [0.5, 0.6) is 0 Å². The van der Waals surface area contributed by atoms with Gasteiger partial charge in [-0.05, 0) is 38.5 Å². The summed E-state index contributed by atoms with van der Waals surface area (Å²) in [4.78, 5) is 12.4. The van der Waals surface area contributed by atoms with Gasteiger partial charge in [-0.15, -0.1) is 0 Å². The number of carbonyl (C=O) groups is 1. The Balaban J connectivity index is 2.26. The Hall–Kier alpha value is -1.51. The van der Waals surface area contributed by atoms with Crippen molar-refractivity contribution in [3.63, 3.8) is 0 Å². The van der Waals surface area contributed by atoms with E-state index in [0.717, 1.165) is 51.4 Å². The van der Waals surface area contributed by atoms with E-state index in [0.29, 0.717) is 6.42 Å². The molecule has 196 valence electrons. The molecule has 1 rings (SSSR count). The van der Waals surface area contributed by atoms with Crippen LogP contribution in [0, 0.1) is 5.92 Å². The molecule has 0 bridgehead atoms. The van der Waals surface area contributed by atoms with Gasteiger partial charge in [0.25, 0.3) is 0 Å². The van der Waals surface area contributed by atoms with Gasteiger partial charge < -0.3 is 29.9 Å². The third-order valence-corrected chi connectivity index (χ3v) is 6.09. The number of allylic oxidation sites excluding steroid dienone is 6. The Morgan fingerprint density at radius 3 is 2.12 bits per heavy atom. The summed E-state index contributed by atoms with van der Waals surface area (Å²) in [6, 6.07) is 0. The molecule has 1 heterocycles. The summed E-state index contributed by atoms with van der Waals surface area (Å²) in [5, 5.41) is 40.1. The first-order valence-electron chi connectivity index (χ1n) is 12.8. The minimum Gasteiger partial charge on any atom is -0.430 e. The molecule has 1 saturated heterocycles. The molecule has 0 radical (unpaired) electrons. The number of hydrogen-bond acceptors (Lipinski definition) is 7. The fourth-order valence-electron chi connectivity index (χ4n) is 3.96. The first-order valence-corrected chi connectivity index (χ1v) is 12.8. The SMILES string of the molecule is CCC=CCC=CCC=CCCCCCCCC(=O)O[C@@]1(C(C)C)O[C@H](CO)[C@@H](O)[C@H](O)[C@H]1O.